The fourth-order valence-electron chi connectivity index (χ4n) is 3.76. The van der Waals surface area contributed by atoms with Crippen molar-refractivity contribution in [2.24, 2.45) is 5.11 Å². The van der Waals surface area contributed by atoms with Gasteiger partial charge < -0.3 is 23.7 Å². The molecular formula is C33H38N4O5. The Morgan fingerprint density at radius 3 is 1.90 bits per heavy atom. The lowest BCUT2D eigenvalue weighted by atomic mass is 10.1. The van der Waals surface area contributed by atoms with Crippen molar-refractivity contribution < 1.29 is 23.7 Å². The van der Waals surface area contributed by atoms with Crippen LogP contribution in [-0.4, -0.2) is 32.4 Å². The van der Waals surface area contributed by atoms with Gasteiger partial charge in [0.05, 0.1) is 19.3 Å². The number of methoxy groups -OCH3 is 1. The van der Waals surface area contributed by atoms with E-state index in [0.717, 1.165) is 41.5 Å². The third-order valence-corrected chi connectivity index (χ3v) is 6.43. The minimum absolute atomic E-state index is 0.0465. The summed E-state index contributed by atoms with van der Waals surface area (Å²) in [7, 11) is 1.58. The zero-order chi connectivity index (χ0) is 30.3. The summed E-state index contributed by atoms with van der Waals surface area (Å²) in [6.45, 7) is 7.89. The molecular weight excluding hydrogens is 532 g/mol. The number of nitrogens with zero attached hydrogens (tertiary/aromatic N) is 3. The summed E-state index contributed by atoms with van der Waals surface area (Å²) >= 11 is 0. The third kappa shape index (κ3) is 9.35. The van der Waals surface area contributed by atoms with Gasteiger partial charge in [0, 0.05) is 4.91 Å². The van der Waals surface area contributed by atoms with Gasteiger partial charge in [-0.2, -0.15) is 0 Å². The minimum Gasteiger partial charge on any atom is -0.493 e. The van der Waals surface area contributed by atoms with Crippen molar-refractivity contribution in [1.82, 2.24) is 0 Å². The third-order valence-electron chi connectivity index (χ3n) is 6.43. The molecule has 0 radical (unpaired) electrons. The van der Waals surface area contributed by atoms with E-state index in [4.69, 9.17) is 34.6 Å². The lowest BCUT2D eigenvalue weighted by molar-refractivity contribution is 0.193. The second-order valence-corrected chi connectivity index (χ2v) is 9.50. The summed E-state index contributed by atoms with van der Waals surface area (Å²) in [4.78, 5) is 2.75. The van der Waals surface area contributed by atoms with Gasteiger partial charge in [-0.15, -0.1) is 0 Å². The minimum atomic E-state index is -0.161. The maximum Gasteiger partial charge on any atom is 0.203 e. The second-order valence-electron chi connectivity index (χ2n) is 9.50. The van der Waals surface area contributed by atoms with Crippen molar-refractivity contribution in [3.63, 3.8) is 0 Å². The number of rotatable bonds is 16. The first-order chi connectivity index (χ1) is 20.4. The Balaban J connectivity index is 1.77. The summed E-state index contributed by atoms with van der Waals surface area (Å²) in [6.07, 6.45) is 10.5. The zero-order valence-corrected chi connectivity index (χ0v) is 24.7. The molecule has 0 aliphatic carbocycles. The Hall–Kier alpha value is -4.88. The van der Waals surface area contributed by atoms with Gasteiger partial charge in [0.15, 0.2) is 36.1 Å². The van der Waals surface area contributed by atoms with Crippen LogP contribution in [0.2, 0.25) is 0 Å². The van der Waals surface area contributed by atoms with E-state index in [-0.39, 0.29) is 18.9 Å². The molecule has 0 heterocycles. The highest BCUT2D eigenvalue weighted by Gasteiger charge is 2.16. The first-order valence-corrected chi connectivity index (χ1v) is 13.9. The van der Waals surface area contributed by atoms with Crippen LogP contribution < -0.4 is 23.7 Å². The normalized spacial score (nSPS) is 12.4. The highest BCUT2D eigenvalue weighted by Crippen LogP contribution is 2.40. The van der Waals surface area contributed by atoms with E-state index < -0.39 is 0 Å². The topological polar surface area (TPSA) is 119 Å². The molecule has 3 aromatic rings. The van der Waals surface area contributed by atoms with Crippen molar-refractivity contribution in [1.29, 1.82) is 5.41 Å². The molecule has 0 fully saturated rings. The van der Waals surface area contributed by atoms with E-state index in [2.05, 4.69) is 16.9 Å². The number of hydrogen-bond acceptors (Lipinski definition) is 7. The molecule has 1 N–H and O–H groups in total. The van der Waals surface area contributed by atoms with E-state index in [1.54, 1.807) is 7.11 Å². The SMILES string of the molecule is CCC(C)Oc1ccc(/C=C/c2ccc(/C=C/c3cc(OC)c(OC(C)CC)c(OCN=[N+]=[N-])c3)cc2)cc1OC=N. The lowest BCUT2D eigenvalue weighted by Gasteiger charge is -2.19. The maximum absolute atomic E-state index is 8.64. The molecule has 2 atom stereocenters. The Morgan fingerprint density at radius 2 is 1.31 bits per heavy atom. The molecule has 2 unspecified atom stereocenters. The summed E-state index contributed by atoms with van der Waals surface area (Å²) in [5, 5.41) is 10.8. The molecule has 0 aliphatic heterocycles. The monoisotopic (exact) mass is 570 g/mol. The molecule has 3 aromatic carbocycles. The molecule has 0 saturated heterocycles. The van der Waals surface area contributed by atoms with Gasteiger partial charge in [-0.25, -0.2) is 0 Å². The van der Waals surface area contributed by atoms with Gasteiger partial charge in [0.2, 0.25) is 5.75 Å². The van der Waals surface area contributed by atoms with Gasteiger partial charge in [0.25, 0.3) is 0 Å². The summed E-state index contributed by atoms with van der Waals surface area (Å²) in [5.74, 6) is 2.57. The molecule has 0 aromatic heterocycles. The predicted octanol–water partition coefficient (Wildman–Crippen LogP) is 9.02. The largest absolute Gasteiger partial charge is 0.493 e. The molecule has 3 rings (SSSR count). The molecule has 0 amide bonds. The number of benzene rings is 3. The van der Waals surface area contributed by atoms with Crippen LogP contribution in [0, 0.1) is 5.41 Å². The Labute approximate surface area is 247 Å². The molecule has 0 bridgehead atoms. The van der Waals surface area contributed by atoms with Gasteiger partial charge in [-0.3, -0.25) is 5.41 Å². The Bertz CT molecular complexity index is 1430. The molecule has 9 heteroatoms. The molecule has 9 nitrogen and oxygen atoms in total. The average Bonchev–Trinajstić information content (AvgIpc) is 3.01. The fourth-order valence-corrected chi connectivity index (χ4v) is 3.76. The zero-order valence-electron chi connectivity index (χ0n) is 24.7. The van der Waals surface area contributed by atoms with Gasteiger partial charge in [0.1, 0.15) is 0 Å². The fraction of sp³-hybridized carbons (Fsp3) is 0.303. The van der Waals surface area contributed by atoms with Crippen LogP contribution in [0.25, 0.3) is 34.7 Å². The van der Waals surface area contributed by atoms with Crippen molar-refractivity contribution in [2.45, 2.75) is 52.7 Å². The second kappa shape index (κ2) is 16.4. The van der Waals surface area contributed by atoms with Crippen molar-refractivity contribution in [3.05, 3.63) is 87.3 Å². The average molecular weight is 571 g/mol. The van der Waals surface area contributed by atoms with E-state index in [0.29, 0.717) is 28.7 Å². The lowest BCUT2D eigenvalue weighted by Crippen LogP contribution is -2.12. The Morgan fingerprint density at radius 1 is 0.762 bits per heavy atom. The van der Waals surface area contributed by atoms with Crippen LogP contribution in [0.1, 0.15) is 62.8 Å². The van der Waals surface area contributed by atoms with Gasteiger partial charge in [-0.05, 0) is 78.7 Å². The van der Waals surface area contributed by atoms with Crippen molar-refractivity contribution >= 4 is 30.7 Å². The molecule has 0 spiro atoms. The van der Waals surface area contributed by atoms with E-state index in [1.807, 2.05) is 99.7 Å². The summed E-state index contributed by atoms with van der Waals surface area (Å²) < 4.78 is 28.6. The van der Waals surface area contributed by atoms with Crippen LogP contribution in [0.3, 0.4) is 0 Å². The number of azide groups is 1. The van der Waals surface area contributed by atoms with Crippen LogP contribution in [0.4, 0.5) is 0 Å². The van der Waals surface area contributed by atoms with E-state index in [1.165, 1.54) is 0 Å². The number of hydrogen-bond donors (Lipinski definition) is 1. The summed E-state index contributed by atoms with van der Waals surface area (Å²) in [6, 6.07) is 17.5. The molecule has 42 heavy (non-hydrogen) atoms. The van der Waals surface area contributed by atoms with Crippen LogP contribution in [0.5, 0.6) is 28.7 Å². The summed E-state index contributed by atoms with van der Waals surface area (Å²) in [5.41, 5.74) is 12.5. The quantitative estimate of drug-likeness (QED) is 0.0460. The van der Waals surface area contributed by atoms with E-state index in [9.17, 15) is 0 Å². The number of ether oxygens (including phenoxy) is 5. The first kappa shape index (κ1) is 31.6. The van der Waals surface area contributed by atoms with Crippen LogP contribution in [0.15, 0.2) is 59.7 Å². The smallest absolute Gasteiger partial charge is 0.203 e. The van der Waals surface area contributed by atoms with Crippen molar-refractivity contribution in [3.8, 4) is 28.7 Å². The number of nitrogens with one attached hydrogen (secondary N) is 1. The molecule has 0 aliphatic rings. The molecule has 220 valence electrons. The van der Waals surface area contributed by atoms with E-state index >= 15 is 0 Å². The molecule has 0 saturated carbocycles. The van der Waals surface area contributed by atoms with Crippen LogP contribution >= 0.6 is 0 Å². The standard InChI is InChI=1S/C33H38N4O5/c1-6-23(3)41-29-17-16-27(18-30(29)39-21-34)14-12-25-8-10-26(11-9-25)13-15-28-19-31(38-5)33(42-24(4)7-2)32(20-28)40-22-36-37-35/h8-21,23-24,34H,6-7,22H2,1-5H3/b14-12+,15-13+,34-21?. The highest BCUT2D eigenvalue weighted by atomic mass is 16.5. The van der Waals surface area contributed by atoms with Crippen molar-refractivity contribution in [2.75, 3.05) is 13.8 Å². The van der Waals surface area contributed by atoms with Gasteiger partial charge in [-0.1, -0.05) is 73.6 Å². The Kier molecular flexibility index (Phi) is 12.4. The predicted molar refractivity (Wildman–Crippen MR) is 169 cm³/mol. The van der Waals surface area contributed by atoms with Crippen LogP contribution in [-0.2, 0) is 0 Å². The maximum atomic E-state index is 8.64. The first-order valence-electron chi connectivity index (χ1n) is 13.9. The highest BCUT2D eigenvalue weighted by molar-refractivity contribution is 5.75. The van der Waals surface area contributed by atoms with Gasteiger partial charge >= 0.3 is 0 Å².